The molecule has 1 fully saturated rings. The van der Waals surface area contributed by atoms with Crippen LogP contribution in [0.15, 0.2) is 0 Å². The van der Waals surface area contributed by atoms with E-state index in [1.807, 2.05) is 0 Å². The highest BCUT2D eigenvalue weighted by Crippen LogP contribution is 2.25. The Morgan fingerprint density at radius 3 is 2.56 bits per heavy atom. The number of Topliss-reactive ketones (excluding diaryl/α,β-unsaturated/α-hetero) is 1. The lowest BCUT2D eigenvalue weighted by Gasteiger charge is -2.25. The van der Waals surface area contributed by atoms with Crippen molar-refractivity contribution in [3.63, 3.8) is 0 Å². The van der Waals surface area contributed by atoms with Gasteiger partial charge in [-0.05, 0) is 20.3 Å². The van der Waals surface area contributed by atoms with Gasteiger partial charge >= 0.3 is 5.97 Å². The topological polar surface area (TPSA) is 63.7 Å². The number of hydrogen-bond donors (Lipinski definition) is 0. The van der Waals surface area contributed by atoms with Crippen LogP contribution in [0.2, 0.25) is 0 Å². The Balaban J connectivity index is 2.82. The molecule has 5 heteroatoms. The lowest BCUT2D eigenvalue weighted by molar-refractivity contribution is -0.153. The molecule has 16 heavy (non-hydrogen) atoms. The Morgan fingerprint density at radius 2 is 2.19 bits per heavy atom. The Kier molecular flexibility index (Phi) is 4.04. The largest absolute Gasteiger partial charge is 0.465 e. The first-order valence-electron chi connectivity index (χ1n) is 5.41. The lowest BCUT2D eigenvalue weighted by atomic mass is 9.94. The number of ether oxygens (including phenoxy) is 1. The number of rotatable bonds is 4. The molecule has 0 saturated carbocycles. The average Bonchev–Trinajstić information content (AvgIpc) is 2.50. The maximum Gasteiger partial charge on any atom is 0.318 e. The average molecular weight is 227 g/mol. The number of carbonyl (C=O) groups excluding carboxylic acids is 3. The normalized spacial score (nSPS) is 22.1. The molecule has 0 radical (unpaired) electrons. The quantitative estimate of drug-likeness (QED) is 0.514. The van der Waals surface area contributed by atoms with Crippen molar-refractivity contribution in [3.05, 3.63) is 0 Å². The van der Waals surface area contributed by atoms with Crippen molar-refractivity contribution in [2.75, 3.05) is 13.7 Å². The van der Waals surface area contributed by atoms with Gasteiger partial charge in [-0.1, -0.05) is 0 Å². The molecule has 0 aromatic heterocycles. The van der Waals surface area contributed by atoms with Gasteiger partial charge in [0.15, 0.2) is 0 Å². The van der Waals surface area contributed by atoms with E-state index in [0.29, 0.717) is 12.8 Å². The number of nitrogens with zero attached hydrogens (tertiary/aromatic N) is 1. The summed E-state index contributed by atoms with van der Waals surface area (Å²) in [4.78, 5) is 35.9. The fourth-order valence-corrected chi connectivity index (χ4v) is 2.04. The molecule has 5 nitrogen and oxygen atoms in total. The first-order chi connectivity index (χ1) is 7.49. The van der Waals surface area contributed by atoms with Crippen molar-refractivity contribution >= 4 is 17.7 Å². The maximum atomic E-state index is 11.6. The summed E-state index contributed by atoms with van der Waals surface area (Å²) < 4.78 is 4.86. The summed E-state index contributed by atoms with van der Waals surface area (Å²) in [5, 5.41) is 0. The molecule has 2 unspecified atom stereocenters. The third-order valence-corrected chi connectivity index (χ3v) is 2.91. The summed E-state index contributed by atoms with van der Waals surface area (Å²) in [6.45, 7) is 3.30. The smallest absolute Gasteiger partial charge is 0.318 e. The third-order valence-electron chi connectivity index (χ3n) is 2.91. The van der Waals surface area contributed by atoms with E-state index < -0.39 is 11.9 Å². The van der Waals surface area contributed by atoms with Crippen LogP contribution < -0.4 is 0 Å². The summed E-state index contributed by atoms with van der Waals surface area (Å²) in [5.41, 5.74) is 0. The zero-order valence-electron chi connectivity index (χ0n) is 9.86. The van der Waals surface area contributed by atoms with E-state index in [9.17, 15) is 14.4 Å². The molecule has 2 atom stereocenters. The summed E-state index contributed by atoms with van der Waals surface area (Å²) in [6, 6.07) is -0.343. The van der Waals surface area contributed by atoms with E-state index in [4.69, 9.17) is 4.74 Å². The molecule has 0 aromatic carbocycles. The van der Waals surface area contributed by atoms with Crippen LogP contribution >= 0.6 is 0 Å². The monoisotopic (exact) mass is 227 g/mol. The Bertz CT molecular complexity index is 313. The second-order valence-electron chi connectivity index (χ2n) is 3.95. The number of likely N-dealkylation sites (tertiary alicyclic amines) is 1. The van der Waals surface area contributed by atoms with Crippen LogP contribution in [0.1, 0.15) is 26.7 Å². The minimum atomic E-state index is -0.837. The lowest BCUT2D eigenvalue weighted by Crippen LogP contribution is -2.43. The second kappa shape index (κ2) is 5.09. The molecule has 1 rings (SSSR count). The van der Waals surface area contributed by atoms with E-state index in [2.05, 4.69) is 0 Å². The van der Waals surface area contributed by atoms with Gasteiger partial charge in [0.25, 0.3) is 0 Å². The highest BCUT2D eigenvalue weighted by atomic mass is 16.5. The zero-order valence-corrected chi connectivity index (χ0v) is 9.86. The molecule has 90 valence electrons. The second-order valence-corrected chi connectivity index (χ2v) is 3.95. The molecular formula is C11H17NO4. The van der Waals surface area contributed by atoms with E-state index in [1.54, 1.807) is 14.0 Å². The van der Waals surface area contributed by atoms with Crippen molar-refractivity contribution in [1.29, 1.82) is 0 Å². The van der Waals surface area contributed by atoms with Gasteiger partial charge in [0.05, 0.1) is 12.6 Å². The summed E-state index contributed by atoms with van der Waals surface area (Å²) in [7, 11) is 1.62. The molecule has 0 spiro atoms. The van der Waals surface area contributed by atoms with Crippen LogP contribution in [0.5, 0.6) is 0 Å². The van der Waals surface area contributed by atoms with Crippen LogP contribution in [0.3, 0.4) is 0 Å². The van der Waals surface area contributed by atoms with Gasteiger partial charge in [-0.15, -0.1) is 0 Å². The van der Waals surface area contributed by atoms with Gasteiger partial charge < -0.3 is 9.64 Å². The minimum absolute atomic E-state index is 0.0273. The van der Waals surface area contributed by atoms with Gasteiger partial charge in [0.1, 0.15) is 11.7 Å². The highest BCUT2D eigenvalue weighted by Gasteiger charge is 2.41. The van der Waals surface area contributed by atoms with Gasteiger partial charge in [0.2, 0.25) is 5.91 Å². The predicted molar refractivity (Wildman–Crippen MR) is 56.6 cm³/mol. The molecule has 1 saturated heterocycles. The molecule has 1 heterocycles. The molecular weight excluding hydrogens is 210 g/mol. The van der Waals surface area contributed by atoms with Crippen LogP contribution in [0, 0.1) is 5.92 Å². The Labute approximate surface area is 94.7 Å². The van der Waals surface area contributed by atoms with Gasteiger partial charge in [-0.3, -0.25) is 14.4 Å². The standard InChI is InChI=1S/C11H17NO4/c1-4-16-11(15)10(7(2)13)8-5-6-9(14)12(8)3/h8,10H,4-6H2,1-3H3. The van der Waals surface area contributed by atoms with Crippen LogP contribution in [-0.4, -0.2) is 42.3 Å². The van der Waals surface area contributed by atoms with Crippen molar-refractivity contribution in [1.82, 2.24) is 4.90 Å². The molecule has 1 aliphatic heterocycles. The molecule has 0 bridgehead atoms. The van der Waals surface area contributed by atoms with Crippen molar-refractivity contribution in [3.8, 4) is 0 Å². The molecule has 0 N–H and O–H groups in total. The van der Waals surface area contributed by atoms with Gasteiger partial charge in [-0.25, -0.2) is 0 Å². The molecule has 1 aliphatic rings. The summed E-state index contributed by atoms with van der Waals surface area (Å²) >= 11 is 0. The minimum Gasteiger partial charge on any atom is -0.465 e. The fraction of sp³-hybridized carbons (Fsp3) is 0.727. The zero-order chi connectivity index (χ0) is 12.3. The fourth-order valence-electron chi connectivity index (χ4n) is 2.04. The Morgan fingerprint density at radius 1 is 1.56 bits per heavy atom. The van der Waals surface area contributed by atoms with Crippen LogP contribution in [-0.2, 0) is 19.1 Å². The Hall–Kier alpha value is -1.39. The highest BCUT2D eigenvalue weighted by molar-refractivity contribution is 5.99. The number of hydrogen-bond acceptors (Lipinski definition) is 4. The number of amides is 1. The first kappa shape index (κ1) is 12.7. The van der Waals surface area contributed by atoms with E-state index in [1.165, 1.54) is 11.8 Å². The van der Waals surface area contributed by atoms with Gasteiger partial charge in [0, 0.05) is 13.5 Å². The number of carbonyl (C=O) groups is 3. The van der Waals surface area contributed by atoms with Crippen LogP contribution in [0.25, 0.3) is 0 Å². The number of ketones is 1. The van der Waals surface area contributed by atoms with Crippen molar-refractivity contribution in [2.45, 2.75) is 32.7 Å². The molecule has 0 aliphatic carbocycles. The summed E-state index contributed by atoms with van der Waals surface area (Å²) in [6.07, 6.45) is 0.933. The van der Waals surface area contributed by atoms with E-state index in [-0.39, 0.29) is 24.3 Å². The molecule has 0 aromatic rings. The summed E-state index contributed by atoms with van der Waals surface area (Å²) in [5.74, 6) is -1.64. The number of esters is 1. The maximum absolute atomic E-state index is 11.6. The van der Waals surface area contributed by atoms with Crippen LogP contribution in [0.4, 0.5) is 0 Å². The molecule has 1 amide bonds. The van der Waals surface area contributed by atoms with E-state index >= 15 is 0 Å². The van der Waals surface area contributed by atoms with E-state index in [0.717, 1.165) is 0 Å². The van der Waals surface area contributed by atoms with Crippen molar-refractivity contribution < 1.29 is 19.1 Å². The van der Waals surface area contributed by atoms with Gasteiger partial charge in [-0.2, -0.15) is 0 Å². The first-order valence-corrected chi connectivity index (χ1v) is 5.41. The predicted octanol–water partition coefficient (Wildman–Crippen LogP) is 0.375. The third kappa shape index (κ3) is 2.40. The van der Waals surface area contributed by atoms with Crippen molar-refractivity contribution in [2.24, 2.45) is 5.92 Å². The SMILES string of the molecule is CCOC(=O)C(C(C)=O)C1CCC(=O)N1C.